The number of nitrogens with zero attached hydrogens (tertiary/aromatic N) is 2. The van der Waals surface area contributed by atoms with E-state index < -0.39 is 92.5 Å². The van der Waals surface area contributed by atoms with Crippen LogP contribution in [0.4, 0.5) is 14.0 Å². The normalized spacial score (nSPS) is 25.2. The molecule has 2 heterocycles. The Morgan fingerprint density at radius 2 is 1.87 bits per heavy atom. The maximum Gasteiger partial charge on any atom is 0.410 e. The molecule has 0 spiro atoms. The molecule has 2 aliphatic heterocycles. The van der Waals surface area contributed by atoms with Crippen molar-refractivity contribution < 1.29 is 51.4 Å². The molecule has 3 fully saturated rings. The van der Waals surface area contributed by atoms with Gasteiger partial charge in [0.15, 0.2) is 0 Å². The molecule has 52 heavy (non-hydrogen) atoms. The molecule has 4 aliphatic rings. The molecule has 1 unspecified atom stereocenters. The number of fused-ring (bicyclic) bond motifs is 1. The smallest absolute Gasteiger partial charge is 0.410 e. The van der Waals surface area contributed by atoms with Crippen molar-refractivity contribution in [1.82, 2.24) is 30.5 Å². The van der Waals surface area contributed by atoms with Gasteiger partial charge in [-0.2, -0.15) is 0 Å². The van der Waals surface area contributed by atoms with Crippen molar-refractivity contribution in [2.45, 2.75) is 100 Å². The van der Waals surface area contributed by atoms with Gasteiger partial charge in [0.2, 0.25) is 21.8 Å². The highest BCUT2D eigenvalue weighted by Gasteiger charge is 2.62. The molecule has 1 aromatic carbocycles. The number of rotatable bonds is 13. The number of nitrogens with one attached hydrogen (secondary N) is 4. The van der Waals surface area contributed by atoms with Crippen LogP contribution < -0.4 is 20.7 Å². The average molecular weight is 749 g/mol. The lowest BCUT2D eigenvalue weighted by atomic mass is 10.1. The zero-order valence-electron chi connectivity index (χ0n) is 29.2. The number of carbonyl (C=O) groups excluding carboxylic acids is 5. The Bertz CT molecular complexity index is 1750. The summed E-state index contributed by atoms with van der Waals surface area (Å²) in [6.07, 6.45) is -1.37. The van der Waals surface area contributed by atoms with Gasteiger partial charge in [0.25, 0.3) is 5.91 Å². The topological polar surface area (TPSA) is 213 Å². The molecule has 0 radical (unpaired) electrons. The number of hydrogen-bond acceptors (Lipinski definition) is 11. The molecular formula is C34H45FN6O10S. The van der Waals surface area contributed by atoms with E-state index in [2.05, 4.69) is 33.8 Å². The minimum atomic E-state index is -3.96. The van der Waals surface area contributed by atoms with Crippen LogP contribution in [-0.4, -0.2) is 107 Å². The summed E-state index contributed by atoms with van der Waals surface area (Å²) in [5.74, 6) is -3.42. The fourth-order valence-electron chi connectivity index (χ4n) is 6.41. The third-order valence-corrected chi connectivity index (χ3v) is 11.2. The van der Waals surface area contributed by atoms with E-state index in [0.29, 0.717) is 24.0 Å². The first kappa shape index (κ1) is 38.7. The average Bonchev–Trinajstić information content (AvgIpc) is 3.96. The Balaban J connectivity index is 1.38. The van der Waals surface area contributed by atoms with Crippen LogP contribution in [0.15, 0.2) is 43.5 Å². The monoisotopic (exact) mass is 748 g/mol. The van der Waals surface area contributed by atoms with Crippen molar-refractivity contribution in [3.05, 3.63) is 60.5 Å². The number of alkyl carbamates (subject to hydrolysis) is 1. The molecule has 1 aromatic rings. The number of halogens is 1. The number of likely N-dealkylation sites (tertiary alicyclic amines) is 1. The summed E-state index contributed by atoms with van der Waals surface area (Å²) in [5.41, 5.74) is -1.61. The van der Waals surface area contributed by atoms with E-state index in [1.165, 1.54) is 28.0 Å². The fourth-order valence-corrected chi connectivity index (χ4v) is 7.77. The van der Waals surface area contributed by atoms with Crippen LogP contribution >= 0.6 is 0 Å². The van der Waals surface area contributed by atoms with Crippen molar-refractivity contribution >= 4 is 39.9 Å². The van der Waals surface area contributed by atoms with Gasteiger partial charge in [-0.3, -0.25) is 28.9 Å². The van der Waals surface area contributed by atoms with E-state index in [4.69, 9.17) is 9.47 Å². The molecular weight excluding hydrogens is 703 g/mol. The van der Waals surface area contributed by atoms with Gasteiger partial charge in [0.1, 0.15) is 29.3 Å². The van der Waals surface area contributed by atoms with Crippen LogP contribution in [0.3, 0.4) is 0 Å². The first-order valence-electron chi connectivity index (χ1n) is 16.9. The number of benzene rings is 1. The number of hydrogen-bond donors (Lipinski definition) is 5. The van der Waals surface area contributed by atoms with Gasteiger partial charge in [-0.1, -0.05) is 24.8 Å². The molecule has 6 atom stereocenters. The van der Waals surface area contributed by atoms with Crippen LogP contribution in [0.25, 0.3) is 0 Å². The van der Waals surface area contributed by atoms with E-state index >= 15 is 0 Å². The quantitative estimate of drug-likeness (QED) is 0.141. The molecule has 5 amide bonds. The van der Waals surface area contributed by atoms with Crippen molar-refractivity contribution in [3.63, 3.8) is 0 Å². The van der Waals surface area contributed by atoms with Gasteiger partial charge in [-0.25, -0.2) is 22.4 Å². The first-order valence-corrected chi connectivity index (χ1v) is 18.5. The van der Waals surface area contributed by atoms with Crippen LogP contribution in [0.5, 0.6) is 0 Å². The minimum absolute atomic E-state index is 0.0426. The third-order valence-electron chi connectivity index (χ3n) is 9.39. The highest BCUT2D eigenvalue weighted by Crippen LogP contribution is 2.45. The molecule has 18 heteroatoms. The summed E-state index contributed by atoms with van der Waals surface area (Å²) in [6.45, 7) is 11.4. The first-order chi connectivity index (χ1) is 24.4. The van der Waals surface area contributed by atoms with Gasteiger partial charge >= 0.3 is 12.2 Å². The Morgan fingerprint density at radius 1 is 1.15 bits per heavy atom. The van der Waals surface area contributed by atoms with E-state index in [0.717, 1.165) is 6.08 Å². The zero-order valence-corrected chi connectivity index (χ0v) is 30.0. The maximum atomic E-state index is 14.4. The largest absolute Gasteiger partial charge is 0.445 e. The van der Waals surface area contributed by atoms with Gasteiger partial charge in [0.05, 0.1) is 23.9 Å². The molecule has 1 saturated heterocycles. The van der Waals surface area contributed by atoms with Crippen molar-refractivity contribution in [3.8, 4) is 0 Å². The summed E-state index contributed by atoms with van der Waals surface area (Å²) in [7, 11) is -3.96. The second kappa shape index (κ2) is 14.8. The number of aliphatic hydroxyl groups is 1. The number of carbonyl (C=O) groups is 5. The Kier molecular flexibility index (Phi) is 11.0. The second-order valence-electron chi connectivity index (χ2n) is 14.5. The SMILES string of the molecule is C=CC(=O)NC[C@H](NC(=O)OC(C)(C)C)C(O)N1C[C@H](OC(=O)N2Cc3cccc(F)c3C2)C[C@H]1C(=O)N[C@]1(C(=O)NS(=O)(=O)C2CC2)C[C@H]1C=C. The molecule has 0 bridgehead atoms. The summed E-state index contributed by atoms with van der Waals surface area (Å²) in [4.78, 5) is 68.2. The standard InChI is InChI=1S/C34H45FN6O10S/c1-6-20-14-34(20,30(45)39-52(48,49)22-11-12-22)38-28(43)26-13-21(50-32(47)40-16-19-9-8-10-24(35)23(19)18-40)17-41(26)29(44)25(15-36-27(42)7-2)37-31(46)51-33(3,4)5/h6-10,20-22,25-26,29,44H,1-2,11-18H2,3-5H3,(H,36,42)(H,37,46)(H,38,43)(H,39,45)/t20-,21-,25+,26+,29?,34-/m1/s1. The second-order valence-corrected chi connectivity index (χ2v) is 16.4. The third kappa shape index (κ3) is 8.73. The van der Waals surface area contributed by atoms with Gasteiger partial charge in [-0.15, -0.1) is 6.58 Å². The van der Waals surface area contributed by atoms with Gasteiger partial charge < -0.3 is 30.5 Å². The minimum Gasteiger partial charge on any atom is -0.445 e. The van der Waals surface area contributed by atoms with Crippen LogP contribution in [0.1, 0.15) is 57.6 Å². The van der Waals surface area contributed by atoms with Gasteiger partial charge in [0, 0.05) is 37.5 Å². The summed E-state index contributed by atoms with van der Waals surface area (Å²) in [6, 6.07) is 1.93. The molecule has 2 saturated carbocycles. The lowest BCUT2D eigenvalue weighted by molar-refractivity contribution is -0.135. The summed E-state index contributed by atoms with van der Waals surface area (Å²) in [5, 5.41) is 18.7. The van der Waals surface area contributed by atoms with E-state index in [-0.39, 0.29) is 39.0 Å². The molecule has 5 rings (SSSR count). The Labute approximate surface area is 301 Å². The number of amides is 5. The number of sulfonamides is 1. The predicted molar refractivity (Wildman–Crippen MR) is 183 cm³/mol. The molecule has 284 valence electrons. The van der Waals surface area contributed by atoms with Gasteiger partial charge in [-0.05, 0) is 57.7 Å². The molecule has 0 aromatic heterocycles. The van der Waals surface area contributed by atoms with Crippen LogP contribution in [-0.2, 0) is 47.0 Å². The van der Waals surface area contributed by atoms with Crippen molar-refractivity contribution in [2.75, 3.05) is 13.1 Å². The number of aliphatic hydroxyl groups excluding tert-OH is 1. The van der Waals surface area contributed by atoms with Crippen LogP contribution in [0.2, 0.25) is 0 Å². The molecule has 2 aliphatic carbocycles. The zero-order chi connectivity index (χ0) is 38.2. The van der Waals surface area contributed by atoms with Crippen LogP contribution in [0, 0.1) is 11.7 Å². The van der Waals surface area contributed by atoms with Crippen molar-refractivity contribution in [2.24, 2.45) is 5.92 Å². The summed E-state index contributed by atoms with van der Waals surface area (Å²) < 4.78 is 52.8. The lowest BCUT2D eigenvalue weighted by Crippen LogP contribution is -2.61. The molecule has 16 nitrogen and oxygen atoms in total. The summed E-state index contributed by atoms with van der Waals surface area (Å²) >= 11 is 0. The predicted octanol–water partition coefficient (Wildman–Crippen LogP) is 0.904. The van der Waals surface area contributed by atoms with E-state index in [1.54, 1.807) is 26.8 Å². The van der Waals surface area contributed by atoms with E-state index in [1.807, 2.05) is 0 Å². The highest BCUT2D eigenvalue weighted by atomic mass is 32.2. The fraction of sp³-hybridized carbons (Fsp3) is 0.559. The Morgan fingerprint density at radius 3 is 2.46 bits per heavy atom. The van der Waals surface area contributed by atoms with E-state index in [9.17, 15) is 41.9 Å². The lowest BCUT2D eigenvalue weighted by Gasteiger charge is -2.35. The highest BCUT2D eigenvalue weighted by molar-refractivity contribution is 7.91. The molecule has 5 N–H and O–H groups in total. The Hall–Kier alpha value is -4.55. The maximum absolute atomic E-state index is 14.4. The van der Waals surface area contributed by atoms with Crippen molar-refractivity contribution in [1.29, 1.82) is 0 Å². The number of ether oxygens (including phenoxy) is 2.